The Balaban J connectivity index is 2.34. The number of hydrogen-bond acceptors (Lipinski definition) is 2. The summed E-state index contributed by atoms with van der Waals surface area (Å²) in [5.74, 6) is 0. The molecule has 11 heavy (non-hydrogen) atoms. The van der Waals surface area contributed by atoms with Crippen molar-refractivity contribution < 1.29 is 0 Å². The van der Waals surface area contributed by atoms with Crippen LogP contribution in [0, 0.1) is 0 Å². The molecule has 0 atom stereocenters. The lowest BCUT2D eigenvalue weighted by Gasteiger charge is -2.14. The summed E-state index contributed by atoms with van der Waals surface area (Å²) in [4.78, 5) is 3.41. The average molecular weight is 187 g/mol. The van der Waals surface area contributed by atoms with E-state index in [4.69, 9.17) is 12.2 Å². The highest BCUT2D eigenvalue weighted by atomic mass is 32.2. The predicted molar refractivity (Wildman–Crippen MR) is 55.8 cm³/mol. The van der Waals surface area contributed by atoms with Crippen LogP contribution in [0.2, 0.25) is 0 Å². The van der Waals surface area contributed by atoms with Gasteiger partial charge in [0.05, 0.1) is 0 Å². The highest BCUT2D eigenvalue weighted by Gasteiger charge is 2.19. The van der Waals surface area contributed by atoms with Gasteiger partial charge in [-0.25, -0.2) is 0 Å². The minimum absolute atomic E-state index is 0.962. The molecule has 1 nitrogen and oxygen atoms in total. The summed E-state index contributed by atoms with van der Waals surface area (Å²) in [6.07, 6.45) is 2.46. The summed E-state index contributed by atoms with van der Waals surface area (Å²) >= 11 is 6.80. The monoisotopic (exact) mass is 187 g/mol. The molecule has 0 aliphatic carbocycles. The van der Waals surface area contributed by atoms with Gasteiger partial charge in [0.15, 0.2) is 0 Å². The first-order valence-corrected chi connectivity index (χ1v) is 5.11. The van der Waals surface area contributed by atoms with Crippen molar-refractivity contribution in [2.75, 3.05) is 13.1 Å². The van der Waals surface area contributed by atoms with Gasteiger partial charge in [-0.3, -0.25) is 0 Å². The summed E-state index contributed by atoms with van der Waals surface area (Å²) in [6.45, 7) is 8.15. The first kappa shape index (κ1) is 9.07. The largest absolute Gasteiger partial charge is 0.352 e. The zero-order chi connectivity index (χ0) is 8.27. The second-order valence-corrected chi connectivity index (χ2v) is 4.50. The number of thiocarbonyl (C=S) groups is 1. The molecule has 1 aliphatic heterocycles. The topological polar surface area (TPSA) is 3.24 Å². The van der Waals surface area contributed by atoms with Gasteiger partial charge in [0.2, 0.25) is 0 Å². The lowest BCUT2D eigenvalue weighted by molar-refractivity contribution is 0.465. The normalized spacial score (nSPS) is 18.1. The van der Waals surface area contributed by atoms with Crippen LogP contribution in [0.3, 0.4) is 0 Å². The molecule has 1 heterocycles. The van der Waals surface area contributed by atoms with Crippen molar-refractivity contribution in [3.8, 4) is 0 Å². The SMILES string of the molecule is C=C1CN(CCCC)C(=S)S1. The molecular weight excluding hydrogens is 174 g/mol. The molecule has 1 aliphatic rings. The molecule has 0 unspecified atom stereocenters. The third-order valence-corrected chi connectivity index (χ3v) is 3.00. The number of rotatable bonds is 3. The Morgan fingerprint density at radius 2 is 2.45 bits per heavy atom. The van der Waals surface area contributed by atoms with E-state index in [-0.39, 0.29) is 0 Å². The van der Waals surface area contributed by atoms with Crippen molar-refractivity contribution in [1.29, 1.82) is 0 Å². The molecule has 0 aromatic heterocycles. The Bertz CT molecular complexity index is 177. The maximum absolute atomic E-state index is 5.16. The zero-order valence-corrected chi connectivity index (χ0v) is 8.43. The number of nitrogens with zero attached hydrogens (tertiary/aromatic N) is 1. The van der Waals surface area contributed by atoms with Gasteiger partial charge in [0.1, 0.15) is 4.32 Å². The van der Waals surface area contributed by atoms with Gasteiger partial charge in [-0.15, -0.1) is 0 Å². The van der Waals surface area contributed by atoms with E-state index in [1.165, 1.54) is 17.7 Å². The van der Waals surface area contributed by atoms with Crippen molar-refractivity contribution >= 4 is 28.3 Å². The zero-order valence-electron chi connectivity index (χ0n) is 6.80. The van der Waals surface area contributed by atoms with Crippen LogP contribution in [0.4, 0.5) is 0 Å². The van der Waals surface area contributed by atoms with E-state index in [9.17, 15) is 0 Å². The summed E-state index contributed by atoms with van der Waals surface area (Å²) in [7, 11) is 0. The minimum atomic E-state index is 0.962. The quantitative estimate of drug-likeness (QED) is 0.625. The van der Waals surface area contributed by atoms with Crippen molar-refractivity contribution in [2.45, 2.75) is 19.8 Å². The van der Waals surface area contributed by atoms with E-state index in [0.717, 1.165) is 17.4 Å². The predicted octanol–water partition coefficient (Wildman–Crippen LogP) is 2.63. The van der Waals surface area contributed by atoms with Crippen molar-refractivity contribution in [3.63, 3.8) is 0 Å². The fourth-order valence-electron chi connectivity index (χ4n) is 1.02. The summed E-state index contributed by atoms with van der Waals surface area (Å²) < 4.78 is 1.00. The van der Waals surface area contributed by atoms with Crippen LogP contribution in [0.25, 0.3) is 0 Å². The molecule has 1 rings (SSSR count). The second kappa shape index (κ2) is 4.12. The maximum Gasteiger partial charge on any atom is 0.141 e. The average Bonchev–Trinajstić information content (AvgIpc) is 2.26. The van der Waals surface area contributed by atoms with Crippen molar-refractivity contribution in [1.82, 2.24) is 4.90 Å². The van der Waals surface area contributed by atoms with Crippen LogP contribution in [0.15, 0.2) is 11.5 Å². The van der Waals surface area contributed by atoms with Crippen LogP contribution in [0.5, 0.6) is 0 Å². The van der Waals surface area contributed by atoms with Gasteiger partial charge < -0.3 is 4.90 Å². The van der Waals surface area contributed by atoms with Gasteiger partial charge in [-0.1, -0.05) is 43.9 Å². The molecule has 0 amide bonds. The standard InChI is InChI=1S/C8H13NS2/c1-3-4-5-9-6-7(2)11-8(9)10/h2-6H2,1H3. The van der Waals surface area contributed by atoms with Gasteiger partial charge in [-0.05, 0) is 6.42 Å². The summed E-state index contributed by atoms with van der Waals surface area (Å²) in [5.41, 5.74) is 0. The molecule has 1 fully saturated rings. The smallest absolute Gasteiger partial charge is 0.141 e. The Morgan fingerprint density at radius 1 is 1.73 bits per heavy atom. The van der Waals surface area contributed by atoms with E-state index >= 15 is 0 Å². The second-order valence-electron chi connectivity index (χ2n) is 2.68. The van der Waals surface area contributed by atoms with E-state index < -0.39 is 0 Å². The number of thioether (sulfide) groups is 1. The van der Waals surface area contributed by atoms with E-state index in [1.807, 2.05) is 0 Å². The van der Waals surface area contributed by atoms with Crippen LogP contribution >= 0.6 is 24.0 Å². The van der Waals surface area contributed by atoms with Gasteiger partial charge >= 0.3 is 0 Å². The lowest BCUT2D eigenvalue weighted by atomic mass is 10.3. The third kappa shape index (κ3) is 2.49. The lowest BCUT2D eigenvalue weighted by Crippen LogP contribution is -2.23. The van der Waals surface area contributed by atoms with Crippen molar-refractivity contribution in [3.05, 3.63) is 11.5 Å². The molecule has 0 radical (unpaired) electrons. The Hall–Kier alpha value is -0.0200. The first-order valence-electron chi connectivity index (χ1n) is 3.88. The Morgan fingerprint density at radius 3 is 2.91 bits per heavy atom. The summed E-state index contributed by atoms with van der Waals surface area (Å²) in [5, 5.41) is 0. The fraction of sp³-hybridized carbons (Fsp3) is 0.625. The van der Waals surface area contributed by atoms with E-state index in [1.54, 1.807) is 11.8 Å². The minimum Gasteiger partial charge on any atom is -0.352 e. The Labute approximate surface area is 77.8 Å². The third-order valence-electron chi connectivity index (χ3n) is 1.64. The van der Waals surface area contributed by atoms with Crippen LogP contribution in [0.1, 0.15) is 19.8 Å². The summed E-state index contributed by atoms with van der Waals surface area (Å²) in [6, 6.07) is 0. The maximum atomic E-state index is 5.16. The molecule has 0 aromatic carbocycles. The van der Waals surface area contributed by atoms with Gasteiger partial charge in [-0.2, -0.15) is 0 Å². The molecule has 3 heteroatoms. The number of hydrogen-bond donors (Lipinski definition) is 0. The molecule has 1 saturated heterocycles. The first-order chi connectivity index (χ1) is 5.24. The Kier molecular flexibility index (Phi) is 3.40. The van der Waals surface area contributed by atoms with E-state index in [0.29, 0.717) is 0 Å². The molecule has 0 bridgehead atoms. The van der Waals surface area contributed by atoms with Crippen LogP contribution < -0.4 is 0 Å². The van der Waals surface area contributed by atoms with E-state index in [2.05, 4.69) is 18.4 Å². The molecule has 0 saturated carbocycles. The fourth-order valence-corrected chi connectivity index (χ4v) is 2.28. The van der Waals surface area contributed by atoms with Gasteiger partial charge in [0, 0.05) is 18.0 Å². The van der Waals surface area contributed by atoms with Crippen molar-refractivity contribution in [2.24, 2.45) is 0 Å². The molecule has 62 valence electrons. The number of unbranched alkanes of at least 4 members (excludes halogenated alkanes) is 1. The highest BCUT2D eigenvalue weighted by molar-refractivity contribution is 8.25. The molecule has 0 spiro atoms. The van der Waals surface area contributed by atoms with Crippen LogP contribution in [-0.2, 0) is 0 Å². The van der Waals surface area contributed by atoms with Crippen LogP contribution in [-0.4, -0.2) is 22.3 Å². The molecular formula is C8H13NS2. The molecule has 0 aromatic rings. The molecule has 0 N–H and O–H groups in total. The highest BCUT2D eigenvalue weighted by Crippen LogP contribution is 2.27. The van der Waals surface area contributed by atoms with Gasteiger partial charge in [0.25, 0.3) is 0 Å².